The molecule has 0 bridgehead atoms. The van der Waals surface area contributed by atoms with Gasteiger partial charge in [-0.2, -0.15) is 0 Å². The summed E-state index contributed by atoms with van der Waals surface area (Å²) in [6.45, 7) is 0. The molecule has 1 unspecified atom stereocenters. The second kappa shape index (κ2) is 6.85. The van der Waals surface area contributed by atoms with Crippen molar-refractivity contribution in [2.24, 2.45) is 5.84 Å². The molecule has 112 valence electrons. The van der Waals surface area contributed by atoms with Gasteiger partial charge in [-0.15, -0.1) is 0 Å². The first-order valence-electron chi connectivity index (χ1n) is 6.74. The first-order valence-corrected chi connectivity index (χ1v) is 6.74. The molecule has 2 rings (SSSR count). The van der Waals surface area contributed by atoms with E-state index in [9.17, 15) is 14.4 Å². The molecule has 1 aliphatic rings. The Morgan fingerprint density at radius 3 is 2.62 bits per heavy atom. The minimum absolute atomic E-state index is 0.155. The van der Waals surface area contributed by atoms with Gasteiger partial charge in [0.1, 0.15) is 12.1 Å². The summed E-state index contributed by atoms with van der Waals surface area (Å²) in [5, 5.41) is 5.20. The molecule has 1 aromatic rings. The van der Waals surface area contributed by atoms with Crippen molar-refractivity contribution in [1.82, 2.24) is 16.1 Å². The summed E-state index contributed by atoms with van der Waals surface area (Å²) in [7, 11) is 0. The smallest absolute Gasteiger partial charge is 0.256 e. The molecule has 0 aliphatic carbocycles. The van der Waals surface area contributed by atoms with E-state index in [1.807, 2.05) is 35.8 Å². The maximum absolute atomic E-state index is 12.1. The molecule has 0 radical (unpaired) electrons. The third kappa shape index (κ3) is 4.03. The van der Waals surface area contributed by atoms with Gasteiger partial charge in [-0.25, -0.2) is 5.84 Å². The Morgan fingerprint density at radius 2 is 2.05 bits per heavy atom. The summed E-state index contributed by atoms with van der Waals surface area (Å²) >= 11 is 0. The molecule has 2 atom stereocenters. The molecule has 1 heterocycles. The summed E-state index contributed by atoms with van der Waals surface area (Å²) in [6.07, 6.45) is 1.09. The monoisotopic (exact) mass is 290 g/mol. The number of benzene rings is 1. The molecule has 0 saturated carbocycles. The largest absolute Gasteiger partial charge is 0.344 e. The highest BCUT2D eigenvalue weighted by atomic mass is 16.2. The van der Waals surface area contributed by atoms with E-state index in [0.717, 1.165) is 5.56 Å². The molecule has 21 heavy (non-hydrogen) atoms. The van der Waals surface area contributed by atoms with Crippen LogP contribution in [0.25, 0.3) is 0 Å². The zero-order chi connectivity index (χ0) is 15.2. The number of carbonyl (C=O) groups is 3. The highest BCUT2D eigenvalue weighted by Crippen LogP contribution is 2.08. The standard InChI is InChI=1S/C14H18N4O3/c15-18-14(21)11(8-9-4-2-1-3-5-9)17-13(20)10-6-7-12(19)16-10/h1-5,10-11H,6-8,15H2,(H,16,19)(H,17,20)(H,18,21)/t10-,11?/m0/s1. The van der Waals surface area contributed by atoms with Crippen molar-refractivity contribution < 1.29 is 14.4 Å². The van der Waals surface area contributed by atoms with Crippen molar-refractivity contribution >= 4 is 17.7 Å². The molecule has 1 saturated heterocycles. The average Bonchev–Trinajstić information content (AvgIpc) is 2.93. The number of hydrazine groups is 1. The fraction of sp³-hybridized carbons (Fsp3) is 0.357. The second-order valence-corrected chi connectivity index (χ2v) is 4.92. The quantitative estimate of drug-likeness (QED) is 0.316. The minimum atomic E-state index is -0.776. The minimum Gasteiger partial charge on any atom is -0.344 e. The van der Waals surface area contributed by atoms with Gasteiger partial charge >= 0.3 is 0 Å². The van der Waals surface area contributed by atoms with Crippen LogP contribution in [0.5, 0.6) is 0 Å². The maximum atomic E-state index is 12.1. The van der Waals surface area contributed by atoms with E-state index < -0.39 is 18.0 Å². The fourth-order valence-corrected chi connectivity index (χ4v) is 2.24. The summed E-state index contributed by atoms with van der Waals surface area (Å²) in [5.41, 5.74) is 2.95. The predicted molar refractivity (Wildman–Crippen MR) is 75.6 cm³/mol. The molecule has 7 heteroatoms. The Labute approximate surface area is 122 Å². The average molecular weight is 290 g/mol. The van der Waals surface area contributed by atoms with Crippen LogP contribution in [0.1, 0.15) is 18.4 Å². The van der Waals surface area contributed by atoms with Crippen LogP contribution in [0.2, 0.25) is 0 Å². The Morgan fingerprint density at radius 1 is 1.33 bits per heavy atom. The molecule has 1 fully saturated rings. The van der Waals surface area contributed by atoms with E-state index in [-0.39, 0.29) is 11.8 Å². The first kappa shape index (κ1) is 15.0. The third-order valence-corrected chi connectivity index (χ3v) is 3.37. The lowest BCUT2D eigenvalue weighted by molar-refractivity contribution is -0.130. The molecule has 1 aromatic carbocycles. The number of carbonyl (C=O) groups excluding carboxylic acids is 3. The number of amides is 3. The van der Waals surface area contributed by atoms with E-state index in [1.165, 1.54) is 0 Å². The zero-order valence-electron chi connectivity index (χ0n) is 11.5. The van der Waals surface area contributed by atoms with E-state index in [1.54, 1.807) is 0 Å². The van der Waals surface area contributed by atoms with Crippen molar-refractivity contribution in [3.63, 3.8) is 0 Å². The van der Waals surface area contributed by atoms with Crippen molar-refractivity contribution in [3.05, 3.63) is 35.9 Å². The third-order valence-electron chi connectivity index (χ3n) is 3.37. The van der Waals surface area contributed by atoms with E-state index in [0.29, 0.717) is 19.3 Å². The number of hydrogen-bond donors (Lipinski definition) is 4. The van der Waals surface area contributed by atoms with Gasteiger partial charge in [0.15, 0.2) is 0 Å². The lowest BCUT2D eigenvalue weighted by Gasteiger charge is -2.19. The fourth-order valence-electron chi connectivity index (χ4n) is 2.24. The van der Waals surface area contributed by atoms with E-state index in [2.05, 4.69) is 10.6 Å². The normalized spacial score (nSPS) is 18.7. The summed E-state index contributed by atoms with van der Waals surface area (Å²) in [4.78, 5) is 35.0. The number of hydrogen-bond acceptors (Lipinski definition) is 4. The van der Waals surface area contributed by atoms with Gasteiger partial charge in [-0.05, 0) is 12.0 Å². The number of rotatable bonds is 5. The van der Waals surface area contributed by atoms with Crippen LogP contribution in [-0.2, 0) is 20.8 Å². The van der Waals surface area contributed by atoms with Gasteiger partial charge in [0.05, 0.1) is 0 Å². The zero-order valence-corrected chi connectivity index (χ0v) is 11.5. The molecular formula is C14H18N4O3. The number of nitrogens with one attached hydrogen (secondary N) is 3. The molecule has 0 spiro atoms. The van der Waals surface area contributed by atoms with Gasteiger partial charge in [-0.3, -0.25) is 19.8 Å². The SMILES string of the molecule is NNC(=O)C(Cc1ccccc1)NC(=O)[C@@H]1CCC(=O)N1. The van der Waals surface area contributed by atoms with Crippen LogP contribution in [0.3, 0.4) is 0 Å². The Kier molecular flexibility index (Phi) is 4.89. The van der Waals surface area contributed by atoms with Gasteiger partial charge in [0, 0.05) is 12.8 Å². The van der Waals surface area contributed by atoms with Crippen molar-refractivity contribution in [1.29, 1.82) is 0 Å². The lowest BCUT2D eigenvalue weighted by Crippen LogP contribution is -2.53. The van der Waals surface area contributed by atoms with Crippen LogP contribution < -0.4 is 21.9 Å². The summed E-state index contributed by atoms with van der Waals surface area (Å²) in [6, 6.07) is 7.94. The van der Waals surface area contributed by atoms with Gasteiger partial charge in [0.2, 0.25) is 11.8 Å². The Bertz CT molecular complexity index is 532. The van der Waals surface area contributed by atoms with Gasteiger partial charge in [-0.1, -0.05) is 30.3 Å². The van der Waals surface area contributed by atoms with Crippen molar-refractivity contribution in [2.45, 2.75) is 31.3 Å². The van der Waals surface area contributed by atoms with Crippen molar-refractivity contribution in [2.75, 3.05) is 0 Å². The van der Waals surface area contributed by atoms with Crippen LogP contribution >= 0.6 is 0 Å². The van der Waals surface area contributed by atoms with Crippen LogP contribution in [0.4, 0.5) is 0 Å². The maximum Gasteiger partial charge on any atom is 0.256 e. The van der Waals surface area contributed by atoms with Crippen LogP contribution in [-0.4, -0.2) is 29.8 Å². The lowest BCUT2D eigenvalue weighted by atomic mass is 10.0. The van der Waals surface area contributed by atoms with E-state index in [4.69, 9.17) is 5.84 Å². The van der Waals surface area contributed by atoms with E-state index >= 15 is 0 Å². The number of nitrogens with two attached hydrogens (primary N) is 1. The highest BCUT2D eigenvalue weighted by molar-refractivity contribution is 5.93. The predicted octanol–water partition coefficient (Wildman–Crippen LogP) is -1.02. The molecule has 1 aliphatic heterocycles. The first-order chi connectivity index (χ1) is 10.1. The molecule has 0 aromatic heterocycles. The Balaban J connectivity index is 2.01. The van der Waals surface area contributed by atoms with Crippen molar-refractivity contribution in [3.8, 4) is 0 Å². The molecule has 5 N–H and O–H groups in total. The van der Waals surface area contributed by atoms with Crippen LogP contribution in [0, 0.1) is 0 Å². The summed E-state index contributed by atoms with van der Waals surface area (Å²) < 4.78 is 0. The molecular weight excluding hydrogens is 272 g/mol. The second-order valence-electron chi connectivity index (χ2n) is 4.92. The molecule has 3 amide bonds. The van der Waals surface area contributed by atoms with Gasteiger partial charge < -0.3 is 10.6 Å². The Hall–Kier alpha value is -2.41. The highest BCUT2D eigenvalue weighted by Gasteiger charge is 2.30. The molecule has 7 nitrogen and oxygen atoms in total. The summed E-state index contributed by atoms with van der Waals surface area (Å²) in [5.74, 6) is 4.16. The topological polar surface area (TPSA) is 113 Å². The van der Waals surface area contributed by atoms with Crippen LogP contribution in [0.15, 0.2) is 30.3 Å². The van der Waals surface area contributed by atoms with Gasteiger partial charge in [0.25, 0.3) is 5.91 Å².